The van der Waals surface area contributed by atoms with Crippen LogP contribution in [0.15, 0.2) is 53.6 Å². The monoisotopic (exact) mass is 438 g/mol. The summed E-state index contributed by atoms with van der Waals surface area (Å²) in [7, 11) is 1.70. The molecule has 1 amide bonds. The van der Waals surface area contributed by atoms with Crippen LogP contribution in [0.4, 0.5) is 0 Å². The number of aromatic nitrogens is 1. The first-order valence-corrected chi connectivity index (χ1v) is 10.6. The van der Waals surface area contributed by atoms with E-state index >= 15 is 0 Å². The average molecular weight is 439 g/mol. The van der Waals surface area contributed by atoms with Gasteiger partial charge in [0, 0.05) is 35.8 Å². The summed E-state index contributed by atoms with van der Waals surface area (Å²) in [6.45, 7) is 1.40. The van der Waals surface area contributed by atoms with E-state index in [-0.39, 0.29) is 12.7 Å². The number of benzene rings is 2. The van der Waals surface area contributed by atoms with Gasteiger partial charge in [0.05, 0.1) is 11.4 Å². The summed E-state index contributed by atoms with van der Waals surface area (Å²) < 4.78 is 19.4. The highest BCUT2D eigenvalue weighted by Gasteiger charge is 2.29. The zero-order valence-electron chi connectivity index (χ0n) is 16.2. The lowest BCUT2D eigenvalue weighted by molar-refractivity contribution is -0.121. The zero-order chi connectivity index (χ0) is 20.7. The van der Waals surface area contributed by atoms with Crippen molar-refractivity contribution in [2.75, 3.05) is 20.4 Å². The smallest absolute Gasteiger partial charge is 0.265 e. The maximum atomic E-state index is 12.4. The van der Waals surface area contributed by atoms with Crippen molar-refractivity contribution in [3.05, 3.63) is 59.1 Å². The number of carbonyl (C=O) groups is 1. The predicted octanol–water partition coefficient (Wildman–Crippen LogP) is 4.28. The Morgan fingerprint density at radius 2 is 2.03 bits per heavy atom. The molecule has 0 radical (unpaired) electrons. The topological polar surface area (TPSA) is 52.9 Å². The third-order valence-electron chi connectivity index (χ3n) is 5.04. The number of fused-ring (bicyclic) bond motifs is 2. The van der Waals surface area contributed by atoms with Crippen molar-refractivity contribution in [3.63, 3.8) is 0 Å². The van der Waals surface area contributed by atoms with Crippen LogP contribution in [0.5, 0.6) is 17.2 Å². The Kier molecular flexibility index (Phi) is 4.88. The van der Waals surface area contributed by atoms with Crippen LogP contribution in [-0.4, -0.2) is 40.1 Å². The van der Waals surface area contributed by atoms with Crippen molar-refractivity contribution >= 4 is 51.2 Å². The van der Waals surface area contributed by atoms with E-state index in [9.17, 15) is 4.79 Å². The third-order valence-corrected chi connectivity index (χ3v) is 6.52. The highest BCUT2D eigenvalue weighted by Crippen LogP contribution is 2.35. The Balaban J connectivity index is 1.36. The van der Waals surface area contributed by atoms with E-state index in [1.807, 2.05) is 36.4 Å². The van der Waals surface area contributed by atoms with Crippen LogP contribution in [0.3, 0.4) is 0 Å². The fraction of sp³-hybridized carbons (Fsp3) is 0.182. The first-order valence-electron chi connectivity index (χ1n) is 9.42. The summed E-state index contributed by atoms with van der Waals surface area (Å²) in [5.74, 6) is 2.12. The lowest BCUT2D eigenvalue weighted by Crippen LogP contribution is -2.22. The van der Waals surface area contributed by atoms with Gasteiger partial charge in [-0.3, -0.25) is 9.69 Å². The molecule has 0 aliphatic carbocycles. The number of nitrogens with zero attached hydrogens (tertiary/aromatic N) is 2. The first kappa shape index (κ1) is 19.0. The SMILES string of the molecule is CN1C(=O)/C(=C/c2cn(CCOc3ccc4c(c3)OCO4)c3ccccc23)SC1=S. The molecular formula is C22H18N2O4S2. The number of para-hydroxylation sites is 1. The molecular weight excluding hydrogens is 420 g/mol. The quantitative estimate of drug-likeness (QED) is 0.438. The maximum absolute atomic E-state index is 12.4. The Labute approximate surface area is 183 Å². The largest absolute Gasteiger partial charge is 0.492 e. The number of carbonyl (C=O) groups excluding carboxylic acids is 1. The van der Waals surface area contributed by atoms with E-state index in [1.165, 1.54) is 16.7 Å². The average Bonchev–Trinajstić information content (AvgIpc) is 3.42. The molecule has 0 bridgehead atoms. The van der Waals surface area contributed by atoms with Crippen molar-refractivity contribution < 1.29 is 19.0 Å². The second-order valence-corrected chi connectivity index (χ2v) is 8.58. The molecule has 1 fully saturated rings. The van der Waals surface area contributed by atoms with Crippen LogP contribution in [0, 0.1) is 0 Å². The van der Waals surface area contributed by atoms with E-state index in [1.54, 1.807) is 7.05 Å². The molecule has 0 spiro atoms. The summed E-state index contributed by atoms with van der Waals surface area (Å²) in [6, 6.07) is 13.7. The van der Waals surface area contributed by atoms with Gasteiger partial charge >= 0.3 is 0 Å². The number of hydrogen-bond donors (Lipinski definition) is 0. The fourth-order valence-corrected chi connectivity index (χ4v) is 4.66. The molecule has 0 saturated carbocycles. The molecule has 0 unspecified atom stereocenters. The van der Waals surface area contributed by atoms with E-state index in [0.29, 0.717) is 28.1 Å². The molecule has 2 aliphatic rings. The van der Waals surface area contributed by atoms with Gasteiger partial charge in [0.1, 0.15) is 16.7 Å². The van der Waals surface area contributed by atoms with Gasteiger partial charge in [0.15, 0.2) is 11.5 Å². The third kappa shape index (κ3) is 3.42. The molecule has 3 heterocycles. The molecule has 5 rings (SSSR count). The number of likely N-dealkylation sites (N-methyl/N-ethyl adjacent to an activating group) is 1. The number of thiocarbonyl (C=S) groups is 1. The van der Waals surface area contributed by atoms with Crippen molar-refractivity contribution in [2.45, 2.75) is 6.54 Å². The lowest BCUT2D eigenvalue weighted by atomic mass is 10.1. The molecule has 0 atom stereocenters. The molecule has 2 aromatic carbocycles. The zero-order valence-corrected chi connectivity index (χ0v) is 17.8. The fourth-order valence-electron chi connectivity index (χ4n) is 3.49. The summed E-state index contributed by atoms with van der Waals surface area (Å²) >= 11 is 6.57. The van der Waals surface area contributed by atoms with Gasteiger partial charge < -0.3 is 18.8 Å². The Morgan fingerprint density at radius 3 is 2.87 bits per heavy atom. The summed E-state index contributed by atoms with van der Waals surface area (Å²) in [4.78, 5) is 14.5. The maximum Gasteiger partial charge on any atom is 0.265 e. The number of hydrogen-bond acceptors (Lipinski definition) is 6. The minimum absolute atomic E-state index is 0.0621. The van der Waals surface area contributed by atoms with Gasteiger partial charge in [-0.1, -0.05) is 42.2 Å². The van der Waals surface area contributed by atoms with Crippen molar-refractivity contribution in [1.82, 2.24) is 9.47 Å². The Hall–Kier alpha value is -2.97. The normalized spacial score (nSPS) is 16.8. The molecule has 3 aromatic rings. The second kappa shape index (κ2) is 7.70. The van der Waals surface area contributed by atoms with Crippen molar-refractivity contribution in [2.24, 2.45) is 0 Å². The molecule has 6 nitrogen and oxygen atoms in total. The van der Waals surface area contributed by atoms with Crippen LogP contribution in [0.2, 0.25) is 0 Å². The molecule has 0 N–H and O–H groups in total. The molecule has 2 aliphatic heterocycles. The van der Waals surface area contributed by atoms with Crippen LogP contribution in [-0.2, 0) is 11.3 Å². The Bertz CT molecular complexity index is 1200. The number of amides is 1. The molecule has 1 aromatic heterocycles. The minimum atomic E-state index is -0.0621. The predicted molar refractivity (Wildman–Crippen MR) is 121 cm³/mol. The number of thioether (sulfide) groups is 1. The standard InChI is InChI=1S/C22H18N2O4S2/c1-23-21(25)20(30-22(23)29)10-14-12-24(17-5-3-2-4-16(14)17)8-9-26-15-6-7-18-19(11-15)28-13-27-18/h2-7,10-12H,8-9,13H2,1H3/b20-10-. The van der Waals surface area contributed by atoms with Crippen LogP contribution in [0.25, 0.3) is 17.0 Å². The van der Waals surface area contributed by atoms with Crippen molar-refractivity contribution in [3.8, 4) is 17.2 Å². The van der Waals surface area contributed by atoms with Crippen LogP contribution >= 0.6 is 24.0 Å². The number of rotatable bonds is 5. The van der Waals surface area contributed by atoms with Gasteiger partial charge in [-0.25, -0.2) is 0 Å². The first-order chi connectivity index (χ1) is 14.6. The summed E-state index contributed by atoms with van der Waals surface area (Å²) in [5, 5.41) is 1.09. The minimum Gasteiger partial charge on any atom is -0.492 e. The van der Waals surface area contributed by atoms with Gasteiger partial charge in [-0.05, 0) is 24.3 Å². The summed E-state index contributed by atoms with van der Waals surface area (Å²) in [5.41, 5.74) is 2.08. The number of ether oxygens (including phenoxy) is 3. The van der Waals surface area contributed by atoms with Gasteiger partial charge in [-0.15, -0.1) is 0 Å². The molecule has 8 heteroatoms. The van der Waals surface area contributed by atoms with Gasteiger partial charge in [0.25, 0.3) is 5.91 Å². The van der Waals surface area contributed by atoms with Crippen LogP contribution in [0.1, 0.15) is 5.56 Å². The van der Waals surface area contributed by atoms with E-state index in [0.717, 1.165) is 28.0 Å². The second-order valence-electron chi connectivity index (χ2n) is 6.90. The Morgan fingerprint density at radius 1 is 1.20 bits per heavy atom. The van der Waals surface area contributed by atoms with E-state index < -0.39 is 0 Å². The van der Waals surface area contributed by atoms with Gasteiger partial charge in [0.2, 0.25) is 6.79 Å². The molecule has 30 heavy (non-hydrogen) atoms. The summed E-state index contributed by atoms with van der Waals surface area (Å²) in [6.07, 6.45) is 3.97. The van der Waals surface area contributed by atoms with Crippen molar-refractivity contribution in [1.29, 1.82) is 0 Å². The highest BCUT2D eigenvalue weighted by molar-refractivity contribution is 8.26. The van der Waals surface area contributed by atoms with E-state index in [4.69, 9.17) is 26.4 Å². The highest BCUT2D eigenvalue weighted by atomic mass is 32.2. The van der Waals surface area contributed by atoms with Gasteiger partial charge in [-0.2, -0.15) is 0 Å². The molecule has 152 valence electrons. The molecule has 1 saturated heterocycles. The lowest BCUT2D eigenvalue weighted by Gasteiger charge is -2.09. The van der Waals surface area contributed by atoms with Crippen LogP contribution < -0.4 is 14.2 Å². The van der Waals surface area contributed by atoms with E-state index in [2.05, 4.69) is 22.9 Å².